The molecule has 0 nitrogen and oxygen atoms in total. The smallest absolute Gasteiger partial charge is 1.00 e. The topological polar surface area (TPSA) is 0 Å². The molecule has 0 saturated carbocycles. The summed E-state index contributed by atoms with van der Waals surface area (Å²) in [5.74, 6) is 0.584. The van der Waals surface area contributed by atoms with Gasteiger partial charge in [0.15, 0.2) is 0 Å². The molecule has 244 valence electrons. The normalized spacial score (nSPS) is 12.9. The van der Waals surface area contributed by atoms with Gasteiger partial charge in [0.25, 0.3) is 0 Å². The number of aryl methyl sites for hydroxylation is 1. The molecule has 0 radical (unpaired) electrons. The predicted octanol–water partition coefficient (Wildman–Crippen LogP) is 5.93. The van der Waals surface area contributed by atoms with Gasteiger partial charge in [-0.1, -0.05) is 131 Å². The Labute approximate surface area is 312 Å². The van der Waals surface area contributed by atoms with Crippen LogP contribution >= 0.6 is 0 Å². The first-order valence-electron chi connectivity index (χ1n) is 16.6. The van der Waals surface area contributed by atoms with E-state index in [9.17, 15) is 0 Å². The van der Waals surface area contributed by atoms with Crippen molar-refractivity contribution in [1.29, 1.82) is 0 Å². The van der Waals surface area contributed by atoms with Crippen molar-refractivity contribution in [2.75, 3.05) is 0 Å². The summed E-state index contributed by atoms with van der Waals surface area (Å²) in [4.78, 5) is 0. The fourth-order valence-corrected chi connectivity index (χ4v) is 6.57. The predicted molar refractivity (Wildman–Crippen MR) is 194 cm³/mol. The fraction of sp³-hybridized carbons (Fsp3) is 0.326. The van der Waals surface area contributed by atoms with Crippen molar-refractivity contribution in [2.45, 2.75) is 91.7 Å². The summed E-state index contributed by atoms with van der Waals surface area (Å²) in [7, 11) is 0. The van der Waals surface area contributed by atoms with E-state index in [4.69, 9.17) is 0 Å². The van der Waals surface area contributed by atoms with Gasteiger partial charge in [-0.15, -0.1) is 45.7 Å². The molecule has 5 aromatic carbocycles. The second kappa shape index (κ2) is 17.0. The fourth-order valence-electron chi connectivity index (χ4n) is 6.57. The van der Waals surface area contributed by atoms with Gasteiger partial charge in [0.05, 0.1) is 0 Å². The van der Waals surface area contributed by atoms with Crippen LogP contribution in [-0.4, -0.2) is 5.43 Å². The molecule has 5 aromatic rings. The van der Waals surface area contributed by atoms with Crippen LogP contribution in [-0.2, 0) is 48.0 Å². The summed E-state index contributed by atoms with van der Waals surface area (Å²) in [6.45, 7) is 18.2. The molecule has 2 aliphatic carbocycles. The van der Waals surface area contributed by atoms with Crippen molar-refractivity contribution < 1.29 is 48.1 Å². The second-order valence-electron chi connectivity index (χ2n) is 14.3. The molecule has 2 aliphatic rings. The summed E-state index contributed by atoms with van der Waals surface area (Å²) in [6.07, 6.45) is 8.42. The van der Waals surface area contributed by atoms with Crippen LogP contribution in [0.2, 0.25) is 13.1 Å². The van der Waals surface area contributed by atoms with E-state index in [1.807, 2.05) is 0 Å². The second-order valence-corrected chi connectivity index (χ2v) is 23.7. The van der Waals surface area contributed by atoms with E-state index in [2.05, 4.69) is 152 Å². The summed E-state index contributed by atoms with van der Waals surface area (Å²) in [5.41, 5.74) is 16.2. The first-order valence-corrected chi connectivity index (χ1v) is 22.8. The van der Waals surface area contributed by atoms with Crippen molar-refractivity contribution >= 4 is 16.2 Å². The molecule has 0 amide bonds. The largest absolute Gasteiger partial charge is 1.00 e. The summed E-state index contributed by atoms with van der Waals surface area (Å²) < 4.78 is 0. The van der Waals surface area contributed by atoms with Crippen molar-refractivity contribution in [1.82, 2.24) is 0 Å². The van der Waals surface area contributed by atoms with Crippen LogP contribution in [0.15, 0.2) is 96.6 Å². The van der Waals surface area contributed by atoms with E-state index >= 15 is 0 Å². The zero-order chi connectivity index (χ0) is 32.3. The van der Waals surface area contributed by atoms with Gasteiger partial charge in [-0.3, -0.25) is 0 Å². The average Bonchev–Trinajstić information content (AvgIpc) is 3.73. The molecule has 7 rings (SSSR count). The van der Waals surface area contributed by atoms with Crippen LogP contribution in [0.1, 0.15) is 87.3 Å². The Bertz CT molecular complexity index is 1830. The van der Waals surface area contributed by atoms with Gasteiger partial charge in [-0.05, 0) is 47.3 Å². The Morgan fingerprint density at radius 3 is 2.09 bits per heavy atom. The molecule has 0 aliphatic heterocycles. The minimum atomic E-state index is 0. The number of hydrogen-bond acceptors (Lipinski definition) is 0. The van der Waals surface area contributed by atoms with E-state index in [0.29, 0.717) is 5.92 Å². The SMILES string of the molecule is CC(C)c1cc2c(-c3ccccc3)cccc2[cH-]1.CC1=[C-]c2cc3c(c(-c4ccc(C(C)(C)C)cc4)c2C1)CCC3.C[Si](C)=[Zr+2].[Cl-].[Cl-]. The van der Waals surface area contributed by atoms with Crippen molar-refractivity contribution in [3.05, 3.63) is 136 Å². The monoisotopic (exact) mass is 752 g/mol. The van der Waals surface area contributed by atoms with Gasteiger partial charge < -0.3 is 24.8 Å². The van der Waals surface area contributed by atoms with Crippen LogP contribution in [0, 0.1) is 6.08 Å². The van der Waals surface area contributed by atoms with Crippen LogP contribution in [0.3, 0.4) is 0 Å². The molecular weight excluding hydrogens is 707 g/mol. The number of fused-ring (bicyclic) bond motifs is 3. The average molecular weight is 755 g/mol. The zero-order valence-corrected chi connectivity index (χ0v) is 34.3. The quantitative estimate of drug-likeness (QED) is 0.158. The number of benzene rings is 4. The van der Waals surface area contributed by atoms with Crippen LogP contribution in [0.5, 0.6) is 0 Å². The third-order valence-corrected chi connectivity index (χ3v) is 8.86. The Morgan fingerprint density at radius 1 is 0.809 bits per heavy atom. The maximum absolute atomic E-state index is 3.59. The number of hydrogen-bond donors (Lipinski definition) is 0. The van der Waals surface area contributed by atoms with Crippen molar-refractivity contribution in [2.24, 2.45) is 0 Å². The summed E-state index contributed by atoms with van der Waals surface area (Å²) in [6, 6.07) is 33.5. The van der Waals surface area contributed by atoms with E-state index < -0.39 is 0 Å². The molecule has 4 heteroatoms. The number of rotatable bonds is 3. The molecule has 0 bridgehead atoms. The van der Waals surface area contributed by atoms with Crippen LogP contribution < -0.4 is 24.8 Å². The molecule has 0 atom stereocenters. The zero-order valence-electron chi connectivity index (χ0n) is 29.3. The summed E-state index contributed by atoms with van der Waals surface area (Å²) >= 11 is 1.74. The molecular formula is C43H48Cl2SiZr-2. The molecule has 0 aromatic heterocycles. The van der Waals surface area contributed by atoms with Gasteiger partial charge in [-0.25, -0.2) is 0 Å². The van der Waals surface area contributed by atoms with Crippen molar-refractivity contribution in [3.63, 3.8) is 0 Å². The van der Waals surface area contributed by atoms with Gasteiger partial charge in [0.1, 0.15) is 0 Å². The Balaban J connectivity index is 0.000000226. The minimum Gasteiger partial charge on any atom is -1.00 e. The maximum atomic E-state index is 3.59. The molecule has 0 heterocycles. The van der Waals surface area contributed by atoms with E-state index in [1.165, 1.54) is 80.1 Å². The van der Waals surface area contributed by atoms with Gasteiger partial charge in [-0.2, -0.15) is 23.8 Å². The molecule has 0 unspecified atom stereocenters. The third kappa shape index (κ3) is 9.54. The van der Waals surface area contributed by atoms with Crippen molar-refractivity contribution in [3.8, 4) is 22.3 Å². The Hall–Kier alpha value is -2.09. The standard InChI is InChI=1S/C23H25.C18H17.C2H6Si.2ClH.Zr/c1-15-12-18-14-17-6-5-7-20(17)22(21(18)13-15)16-8-10-19(11-9-16)23(2,3)4;1-13(2)16-11-15-9-6-10-17(18(15)12-16)14-7-4-3-5-8-14;1-3-2;;;/h8-11,14H,5-7,13H2,1-4H3;3-13H,1-2H3;1-2H3;2*1H;/q2*-1;;;;+2/p-2. The maximum Gasteiger partial charge on any atom is -1.00 e. The molecule has 0 saturated heterocycles. The van der Waals surface area contributed by atoms with Crippen LogP contribution in [0.4, 0.5) is 0 Å². The molecule has 0 fully saturated rings. The minimum absolute atomic E-state index is 0. The molecule has 0 N–H and O–H groups in total. The van der Waals surface area contributed by atoms with Gasteiger partial charge in [0.2, 0.25) is 0 Å². The molecule has 47 heavy (non-hydrogen) atoms. The van der Waals surface area contributed by atoms with E-state index in [0.717, 1.165) is 6.42 Å². The van der Waals surface area contributed by atoms with Crippen LogP contribution in [0.25, 0.3) is 33.0 Å². The summed E-state index contributed by atoms with van der Waals surface area (Å²) in [5, 5.41) is 2.72. The molecule has 0 spiro atoms. The first kappa shape index (κ1) is 39.3. The van der Waals surface area contributed by atoms with Gasteiger partial charge in [0, 0.05) is 0 Å². The van der Waals surface area contributed by atoms with E-state index in [-0.39, 0.29) is 35.7 Å². The Kier molecular flexibility index (Phi) is 14.3. The van der Waals surface area contributed by atoms with E-state index in [1.54, 1.807) is 34.5 Å². The number of halogens is 2. The Morgan fingerprint density at radius 2 is 1.47 bits per heavy atom. The number of allylic oxidation sites excluding steroid dienone is 1. The van der Waals surface area contributed by atoms with Gasteiger partial charge >= 0.3 is 41.9 Å². The first-order chi connectivity index (χ1) is 21.4. The third-order valence-electron chi connectivity index (χ3n) is 8.86.